The lowest BCUT2D eigenvalue weighted by atomic mass is 10.2. The zero-order valence-corrected chi connectivity index (χ0v) is 9.71. The summed E-state index contributed by atoms with van der Waals surface area (Å²) in [6.45, 7) is 4.17. The van der Waals surface area contributed by atoms with Crippen LogP contribution in [0.5, 0.6) is 0 Å². The Labute approximate surface area is 93.3 Å². The van der Waals surface area contributed by atoms with Gasteiger partial charge in [-0.1, -0.05) is 5.57 Å². The molecule has 1 fully saturated rings. The third kappa shape index (κ3) is 3.27. The van der Waals surface area contributed by atoms with Crippen LogP contribution in [0, 0.1) is 0 Å². The Hall–Kier alpha value is -0.970. The number of allylic oxidation sites excluding steroid dienone is 1. The number of hydrogen-bond donors (Lipinski definition) is 1. The molecule has 0 aromatic carbocycles. The van der Waals surface area contributed by atoms with Gasteiger partial charge in [-0.05, 0) is 13.8 Å². The van der Waals surface area contributed by atoms with Gasteiger partial charge in [0.05, 0.1) is 0 Å². The first-order chi connectivity index (χ1) is 7.02. The van der Waals surface area contributed by atoms with Crippen LogP contribution in [0.1, 0.15) is 13.8 Å². The number of amides is 1. The second-order valence-corrected chi connectivity index (χ2v) is 4.83. The van der Waals surface area contributed by atoms with E-state index in [0.29, 0.717) is 12.3 Å². The first-order valence-electron chi connectivity index (χ1n) is 4.78. The fraction of sp³-hybridized carbons (Fsp3) is 0.600. The molecule has 1 N–H and O–H groups in total. The van der Waals surface area contributed by atoms with Gasteiger partial charge < -0.3 is 10.0 Å². The van der Waals surface area contributed by atoms with Crippen molar-refractivity contribution < 1.29 is 14.7 Å². The monoisotopic (exact) mass is 229 g/mol. The summed E-state index contributed by atoms with van der Waals surface area (Å²) in [5.41, 5.74) is 0.891. The van der Waals surface area contributed by atoms with Crippen LogP contribution >= 0.6 is 11.8 Å². The summed E-state index contributed by atoms with van der Waals surface area (Å²) in [6, 6.07) is -0.674. The van der Waals surface area contributed by atoms with Gasteiger partial charge in [-0.2, -0.15) is 11.8 Å². The summed E-state index contributed by atoms with van der Waals surface area (Å²) in [7, 11) is 0. The van der Waals surface area contributed by atoms with Gasteiger partial charge in [0, 0.05) is 24.1 Å². The normalized spacial score (nSPS) is 20.9. The summed E-state index contributed by atoms with van der Waals surface area (Å²) in [4.78, 5) is 24.1. The van der Waals surface area contributed by atoms with Gasteiger partial charge in [0.2, 0.25) is 5.91 Å². The zero-order valence-electron chi connectivity index (χ0n) is 8.90. The third-order valence-electron chi connectivity index (χ3n) is 2.11. The van der Waals surface area contributed by atoms with E-state index >= 15 is 0 Å². The molecule has 1 atom stereocenters. The molecule has 1 aliphatic heterocycles. The van der Waals surface area contributed by atoms with Crippen LogP contribution < -0.4 is 0 Å². The van der Waals surface area contributed by atoms with Gasteiger partial charge in [-0.25, -0.2) is 4.79 Å². The largest absolute Gasteiger partial charge is 0.480 e. The highest BCUT2D eigenvalue weighted by Crippen LogP contribution is 2.17. The average molecular weight is 229 g/mol. The highest BCUT2D eigenvalue weighted by atomic mass is 32.2. The van der Waals surface area contributed by atoms with Crippen LogP contribution in [0.25, 0.3) is 0 Å². The Morgan fingerprint density at radius 3 is 2.67 bits per heavy atom. The molecule has 1 rings (SSSR count). The van der Waals surface area contributed by atoms with Crippen molar-refractivity contribution in [2.45, 2.75) is 19.9 Å². The molecule has 0 saturated carbocycles. The molecule has 4 nitrogen and oxygen atoms in total. The first-order valence-corrected chi connectivity index (χ1v) is 5.94. The molecular weight excluding hydrogens is 214 g/mol. The Balaban J connectivity index is 2.76. The van der Waals surface area contributed by atoms with E-state index in [-0.39, 0.29) is 5.91 Å². The van der Waals surface area contributed by atoms with Crippen LogP contribution in [0.4, 0.5) is 0 Å². The van der Waals surface area contributed by atoms with Gasteiger partial charge in [0.1, 0.15) is 6.04 Å². The van der Waals surface area contributed by atoms with Crippen molar-refractivity contribution in [3.05, 3.63) is 11.6 Å². The standard InChI is InChI=1S/C10H15NO3S/c1-7(2)5-9(12)11-3-4-15-6-8(11)10(13)14/h5,8H,3-4,6H2,1-2H3,(H,13,14). The number of rotatable bonds is 2. The van der Waals surface area contributed by atoms with Crippen molar-refractivity contribution in [2.24, 2.45) is 0 Å². The van der Waals surface area contributed by atoms with E-state index in [9.17, 15) is 9.59 Å². The lowest BCUT2D eigenvalue weighted by molar-refractivity contribution is -0.147. The Morgan fingerprint density at radius 2 is 2.13 bits per heavy atom. The zero-order chi connectivity index (χ0) is 11.4. The lowest BCUT2D eigenvalue weighted by Gasteiger charge is -2.31. The maximum atomic E-state index is 11.7. The number of carbonyl (C=O) groups is 2. The number of carboxylic acid groups (broad SMARTS) is 1. The maximum Gasteiger partial charge on any atom is 0.327 e. The maximum absolute atomic E-state index is 11.7. The van der Waals surface area contributed by atoms with Gasteiger partial charge in [0.15, 0.2) is 0 Å². The Morgan fingerprint density at radius 1 is 1.47 bits per heavy atom. The number of hydrogen-bond acceptors (Lipinski definition) is 3. The molecule has 0 radical (unpaired) electrons. The second kappa shape index (κ2) is 5.21. The van der Waals surface area contributed by atoms with Crippen LogP contribution in [0.3, 0.4) is 0 Å². The van der Waals surface area contributed by atoms with Crippen molar-refractivity contribution >= 4 is 23.6 Å². The lowest BCUT2D eigenvalue weighted by Crippen LogP contribution is -2.49. The second-order valence-electron chi connectivity index (χ2n) is 3.68. The van der Waals surface area contributed by atoms with Gasteiger partial charge in [0.25, 0.3) is 0 Å². The topological polar surface area (TPSA) is 57.6 Å². The van der Waals surface area contributed by atoms with Crippen molar-refractivity contribution in [1.29, 1.82) is 0 Å². The number of carboxylic acids is 1. The Bertz CT molecular complexity index is 297. The van der Waals surface area contributed by atoms with Crippen molar-refractivity contribution in [3.63, 3.8) is 0 Å². The molecule has 5 heteroatoms. The van der Waals surface area contributed by atoms with Gasteiger partial charge >= 0.3 is 5.97 Å². The van der Waals surface area contributed by atoms with E-state index in [1.54, 1.807) is 11.8 Å². The molecule has 1 saturated heterocycles. The minimum Gasteiger partial charge on any atom is -0.480 e. The quantitative estimate of drug-likeness (QED) is 0.717. The SMILES string of the molecule is CC(C)=CC(=O)N1CCSCC1C(=O)O. The van der Waals surface area contributed by atoms with Crippen LogP contribution in [-0.2, 0) is 9.59 Å². The predicted octanol–water partition coefficient (Wildman–Crippen LogP) is 0.981. The molecule has 0 aliphatic carbocycles. The molecule has 1 aliphatic rings. The smallest absolute Gasteiger partial charge is 0.327 e. The summed E-state index contributed by atoms with van der Waals surface area (Å²) >= 11 is 1.58. The van der Waals surface area contributed by atoms with E-state index in [0.717, 1.165) is 11.3 Å². The van der Waals surface area contributed by atoms with Crippen LogP contribution in [0.2, 0.25) is 0 Å². The fourth-order valence-corrected chi connectivity index (χ4v) is 2.44. The molecule has 0 spiro atoms. The molecule has 15 heavy (non-hydrogen) atoms. The van der Waals surface area contributed by atoms with Crippen molar-refractivity contribution in [2.75, 3.05) is 18.1 Å². The van der Waals surface area contributed by atoms with E-state index in [4.69, 9.17) is 5.11 Å². The molecule has 1 heterocycles. The summed E-state index contributed by atoms with van der Waals surface area (Å²) in [5, 5.41) is 8.96. The third-order valence-corrected chi connectivity index (χ3v) is 3.13. The number of nitrogens with zero attached hydrogens (tertiary/aromatic N) is 1. The Kier molecular flexibility index (Phi) is 4.20. The molecule has 84 valence electrons. The summed E-state index contributed by atoms with van der Waals surface area (Å²) < 4.78 is 0. The minimum atomic E-state index is -0.919. The van der Waals surface area contributed by atoms with Crippen LogP contribution in [-0.4, -0.2) is 46.0 Å². The summed E-state index contributed by atoms with van der Waals surface area (Å²) in [6.07, 6.45) is 1.49. The van der Waals surface area contributed by atoms with Crippen molar-refractivity contribution in [3.8, 4) is 0 Å². The van der Waals surface area contributed by atoms with Crippen LogP contribution in [0.15, 0.2) is 11.6 Å². The average Bonchev–Trinajstić information content (AvgIpc) is 2.16. The number of aliphatic carboxylic acids is 1. The van der Waals surface area contributed by atoms with E-state index in [2.05, 4.69) is 0 Å². The molecule has 0 aromatic heterocycles. The minimum absolute atomic E-state index is 0.192. The molecule has 0 bridgehead atoms. The van der Waals surface area contributed by atoms with E-state index < -0.39 is 12.0 Å². The summed E-state index contributed by atoms with van der Waals surface area (Å²) in [5.74, 6) is 0.185. The highest BCUT2D eigenvalue weighted by molar-refractivity contribution is 7.99. The van der Waals surface area contributed by atoms with E-state index in [1.165, 1.54) is 11.0 Å². The first kappa shape index (κ1) is 12.1. The molecule has 1 unspecified atom stereocenters. The molecular formula is C10H15NO3S. The molecule has 0 aromatic rings. The van der Waals surface area contributed by atoms with Crippen molar-refractivity contribution in [1.82, 2.24) is 4.90 Å². The number of thioether (sulfide) groups is 1. The van der Waals surface area contributed by atoms with Gasteiger partial charge in [-0.3, -0.25) is 4.79 Å². The highest BCUT2D eigenvalue weighted by Gasteiger charge is 2.31. The van der Waals surface area contributed by atoms with Gasteiger partial charge in [-0.15, -0.1) is 0 Å². The van der Waals surface area contributed by atoms with E-state index in [1.807, 2.05) is 13.8 Å². The fourth-order valence-electron chi connectivity index (χ4n) is 1.40. The molecule has 1 amide bonds. The number of carbonyl (C=O) groups excluding carboxylic acids is 1. The predicted molar refractivity (Wildman–Crippen MR) is 59.9 cm³/mol.